The molecular formula is C13H23ClN2. The molecule has 1 heterocycles. The average Bonchev–Trinajstić information content (AvgIpc) is 2.30. The standard InChI is InChI=1S/C13H23ClN2/c1-11(14)9-16-8-7-15-13(10-16)12-5-3-2-4-6-12/h12-13,15H,1-10H2. The van der Waals surface area contributed by atoms with E-state index in [1.807, 2.05) is 0 Å². The normalized spacial score (nSPS) is 29.2. The summed E-state index contributed by atoms with van der Waals surface area (Å²) in [4.78, 5) is 2.44. The van der Waals surface area contributed by atoms with Crippen LogP contribution in [-0.4, -0.2) is 37.1 Å². The topological polar surface area (TPSA) is 15.3 Å². The van der Waals surface area contributed by atoms with Gasteiger partial charge in [0, 0.05) is 37.3 Å². The zero-order chi connectivity index (χ0) is 11.4. The van der Waals surface area contributed by atoms with E-state index in [-0.39, 0.29) is 0 Å². The van der Waals surface area contributed by atoms with Crippen molar-refractivity contribution in [2.24, 2.45) is 5.92 Å². The van der Waals surface area contributed by atoms with E-state index in [1.165, 1.54) is 32.1 Å². The summed E-state index contributed by atoms with van der Waals surface area (Å²) in [6.45, 7) is 8.00. The summed E-state index contributed by atoms with van der Waals surface area (Å²) in [7, 11) is 0. The Kier molecular flexibility index (Phi) is 4.68. The van der Waals surface area contributed by atoms with Crippen molar-refractivity contribution >= 4 is 11.6 Å². The Balaban J connectivity index is 1.83. The predicted octanol–water partition coefficient (Wildman–Crippen LogP) is 2.59. The molecule has 2 rings (SSSR count). The molecule has 1 saturated carbocycles. The van der Waals surface area contributed by atoms with E-state index in [0.29, 0.717) is 6.04 Å². The van der Waals surface area contributed by atoms with Crippen LogP contribution in [0.2, 0.25) is 0 Å². The maximum absolute atomic E-state index is 5.89. The van der Waals surface area contributed by atoms with Crippen molar-refractivity contribution in [3.05, 3.63) is 11.6 Å². The first-order chi connectivity index (χ1) is 7.75. The fraction of sp³-hybridized carbons (Fsp3) is 0.846. The minimum atomic E-state index is 0.685. The summed E-state index contributed by atoms with van der Waals surface area (Å²) in [5.41, 5.74) is 0. The van der Waals surface area contributed by atoms with Gasteiger partial charge in [-0.3, -0.25) is 4.90 Å². The molecule has 1 unspecified atom stereocenters. The third kappa shape index (κ3) is 3.47. The number of nitrogens with one attached hydrogen (secondary N) is 1. The van der Waals surface area contributed by atoms with Gasteiger partial charge in [-0.05, 0) is 18.8 Å². The largest absolute Gasteiger partial charge is 0.311 e. The summed E-state index contributed by atoms with van der Waals surface area (Å²) < 4.78 is 0. The molecule has 0 radical (unpaired) electrons. The van der Waals surface area contributed by atoms with E-state index >= 15 is 0 Å². The highest BCUT2D eigenvalue weighted by atomic mass is 35.5. The van der Waals surface area contributed by atoms with E-state index in [9.17, 15) is 0 Å². The number of rotatable bonds is 3. The molecule has 3 heteroatoms. The Morgan fingerprint density at radius 2 is 2.06 bits per heavy atom. The number of hydrogen-bond donors (Lipinski definition) is 1. The van der Waals surface area contributed by atoms with E-state index in [0.717, 1.165) is 37.1 Å². The van der Waals surface area contributed by atoms with E-state index in [4.69, 9.17) is 11.6 Å². The van der Waals surface area contributed by atoms with Gasteiger partial charge >= 0.3 is 0 Å². The molecule has 2 aliphatic rings. The lowest BCUT2D eigenvalue weighted by Gasteiger charge is -2.39. The van der Waals surface area contributed by atoms with Crippen LogP contribution in [0.3, 0.4) is 0 Å². The first-order valence-electron chi connectivity index (χ1n) is 6.55. The van der Waals surface area contributed by atoms with Crippen LogP contribution in [0.15, 0.2) is 11.6 Å². The summed E-state index contributed by atoms with van der Waals surface area (Å²) in [6, 6.07) is 0.685. The summed E-state index contributed by atoms with van der Waals surface area (Å²) >= 11 is 5.89. The van der Waals surface area contributed by atoms with Gasteiger partial charge in [0.1, 0.15) is 0 Å². The Labute approximate surface area is 104 Å². The van der Waals surface area contributed by atoms with Crippen molar-refractivity contribution in [2.75, 3.05) is 26.2 Å². The van der Waals surface area contributed by atoms with Gasteiger partial charge in [0.05, 0.1) is 0 Å². The van der Waals surface area contributed by atoms with E-state index in [1.54, 1.807) is 0 Å². The van der Waals surface area contributed by atoms with Crippen LogP contribution in [0.5, 0.6) is 0 Å². The first-order valence-corrected chi connectivity index (χ1v) is 6.92. The van der Waals surface area contributed by atoms with E-state index < -0.39 is 0 Å². The maximum Gasteiger partial charge on any atom is 0.0336 e. The molecule has 0 amide bonds. The van der Waals surface area contributed by atoms with Crippen molar-refractivity contribution in [2.45, 2.75) is 38.1 Å². The minimum Gasteiger partial charge on any atom is -0.311 e. The lowest BCUT2D eigenvalue weighted by atomic mass is 9.83. The zero-order valence-electron chi connectivity index (χ0n) is 10.1. The van der Waals surface area contributed by atoms with Gasteiger partial charge in [-0.2, -0.15) is 0 Å². The van der Waals surface area contributed by atoms with Gasteiger partial charge in [0.15, 0.2) is 0 Å². The van der Waals surface area contributed by atoms with Crippen LogP contribution in [0.25, 0.3) is 0 Å². The number of piperazine rings is 1. The second kappa shape index (κ2) is 6.04. The highest BCUT2D eigenvalue weighted by Gasteiger charge is 2.27. The van der Waals surface area contributed by atoms with Crippen LogP contribution in [0.1, 0.15) is 32.1 Å². The Morgan fingerprint density at radius 3 is 2.75 bits per heavy atom. The molecule has 0 aromatic carbocycles. The maximum atomic E-state index is 5.89. The monoisotopic (exact) mass is 242 g/mol. The molecule has 0 spiro atoms. The van der Waals surface area contributed by atoms with Gasteiger partial charge in [-0.1, -0.05) is 37.4 Å². The quantitative estimate of drug-likeness (QED) is 0.819. The fourth-order valence-corrected chi connectivity index (χ4v) is 3.25. The van der Waals surface area contributed by atoms with Crippen molar-refractivity contribution < 1.29 is 0 Å². The summed E-state index contributed by atoms with van der Waals surface area (Å²) in [6.07, 6.45) is 7.10. The zero-order valence-corrected chi connectivity index (χ0v) is 10.8. The lowest BCUT2D eigenvalue weighted by molar-refractivity contribution is 0.156. The molecule has 1 aliphatic carbocycles. The second-order valence-corrected chi connectivity index (χ2v) is 5.75. The van der Waals surface area contributed by atoms with Gasteiger partial charge in [0.2, 0.25) is 0 Å². The third-order valence-corrected chi connectivity index (χ3v) is 4.02. The lowest BCUT2D eigenvalue weighted by Crippen LogP contribution is -2.54. The Morgan fingerprint density at radius 1 is 1.31 bits per heavy atom. The van der Waals surface area contributed by atoms with Crippen LogP contribution < -0.4 is 5.32 Å². The molecule has 0 aromatic rings. The molecule has 1 aliphatic heterocycles. The van der Waals surface area contributed by atoms with Crippen molar-refractivity contribution in [1.82, 2.24) is 10.2 Å². The molecule has 1 atom stereocenters. The van der Waals surface area contributed by atoms with Gasteiger partial charge in [-0.15, -0.1) is 0 Å². The van der Waals surface area contributed by atoms with Crippen LogP contribution >= 0.6 is 11.6 Å². The minimum absolute atomic E-state index is 0.685. The smallest absolute Gasteiger partial charge is 0.0336 e. The average molecular weight is 243 g/mol. The van der Waals surface area contributed by atoms with Gasteiger partial charge < -0.3 is 5.32 Å². The van der Waals surface area contributed by atoms with Crippen LogP contribution in [-0.2, 0) is 0 Å². The Hall–Kier alpha value is -0.0500. The molecule has 2 fully saturated rings. The summed E-state index contributed by atoms with van der Waals surface area (Å²) in [5, 5.41) is 4.45. The molecule has 2 nitrogen and oxygen atoms in total. The number of nitrogens with zero attached hydrogens (tertiary/aromatic N) is 1. The van der Waals surface area contributed by atoms with Gasteiger partial charge in [-0.25, -0.2) is 0 Å². The number of halogens is 1. The fourth-order valence-electron chi connectivity index (χ4n) is 3.08. The SMILES string of the molecule is C=C(Cl)CN1CCNC(C2CCCCC2)C1. The molecule has 16 heavy (non-hydrogen) atoms. The third-order valence-electron chi connectivity index (χ3n) is 3.90. The molecule has 1 N–H and O–H groups in total. The highest BCUT2D eigenvalue weighted by Crippen LogP contribution is 2.27. The van der Waals surface area contributed by atoms with Crippen LogP contribution in [0.4, 0.5) is 0 Å². The predicted molar refractivity (Wildman–Crippen MR) is 69.8 cm³/mol. The second-order valence-electron chi connectivity index (χ2n) is 5.21. The molecule has 1 saturated heterocycles. The summed E-state index contributed by atoms with van der Waals surface area (Å²) in [5.74, 6) is 0.889. The van der Waals surface area contributed by atoms with Crippen molar-refractivity contribution in [1.29, 1.82) is 0 Å². The van der Waals surface area contributed by atoms with Gasteiger partial charge in [0.25, 0.3) is 0 Å². The molecule has 0 aromatic heterocycles. The van der Waals surface area contributed by atoms with Crippen molar-refractivity contribution in [3.63, 3.8) is 0 Å². The highest BCUT2D eigenvalue weighted by molar-refractivity contribution is 6.29. The molecular weight excluding hydrogens is 220 g/mol. The van der Waals surface area contributed by atoms with E-state index in [2.05, 4.69) is 16.8 Å². The molecule has 0 bridgehead atoms. The van der Waals surface area contributed by atoms with Crippen LogP contribution in [0, 0.1) is 5.92 Å². The van der Waals surface area contributed by atoms with Crippen molar-refractivity contribution in [3.8, 4) is 0 Å². The number of hydrogen-bond acceptors (Lipinski definition) is 2. The Bertz CT molecular complexity index is 236. The molecule has 92 valence electrons. The first kappa shape index (κ1) is 12.4.